The van der Waals surface area contributed by atoms with Crippen LogP contribution in [0.2, 0.25) is 0 Å². The van der Waals surface area contributed by atoms with Crippen molar-refractivity contribution in [2.75, 3.05) is 0 Å². The van der Waals surface area contributed by atoms with Crippen molar-refractivity contribution in [2.24, 2.45) is 7.05 Å². The van der Waals surface area contributed by atoms with Gasteiger partial charge in [0.1, 0.15) is 6.54 Å². The first-order valence-electron chi connectivity index (χ1n) is 6.61. The lowest BCUT2D eigenvalue weighted by Crippen LogP contribution is -2.29. The second kappa shape index (κ2) is 3.25. The molecule has 0 bridgehead atoms. The fourth-order valence-electron chi connectivity index (χ4n) is 3.32. The molecule has 0 saturated heterocycles. The van der Waals surface area contributed by atoms with E-state index in [4.69, 9.17) is 0 Å². The van der Waals surface area contributed by atoms with Crippen molar-refractivity contribution in [1.29, 1.82) is 0 Å². The molecule has 0 atom stereocenters. The van der Waals surface area contributed by atoms with Crippen molar-refractivity contribution >= 4 is 16.7 Å². The molecule has 5 nitrogen and oxygen atoms in total. The van der Waals surface area contributed by atoms with Gasteiger partial charge in [-0.2, -0.15) is 4.40 Å². The number of aromatic nitrogens is 5. The van der Waals surface area contributed by atoms with Crippen LogP contribution in [-0.2, 0) is 13.6 Å². The highest BCUT2D eigenvalue weighted by Gasteiger charge is 2.32. The van der Waals surface area contributed by atoms with Gasteiger partial charge in [-0.1, -0.05) is 0 Å². The van der Waals surface area contributed by atoms with E-state index in [2.05, 4.69) is 49.0 Å². The lowest BCUT2D eigenvalue weighted by molar-refractivity contribution is -0.671. The lowest BCUT2D eigenvalue weighted by atomic mass is 10.1. The second-order valence-corrected chi connectivity index (χ2v) is 5.24. The standard InChI is InChI=1S/C15H12N5/c1-18-12-3-5-17-7-13(12)20-9-19-8-10-6-16-4-2-11(10)14(19)15(18)20/h2-7,9H,8H2,1H3/q+1. The Morgan fingerprint density at radius 1 is 1.10 bits per heavy atom. The molecule has 0 unspecified atom stereocenters. The minimum atomic E-state index is 0.891. The van der Waals surface area contributed by atoms with Gasteiger partial charge in [0.2, 0.25) is 5.69 Å². The van der Waals surface area contributed by atoms with Gasteiger partial charge in [0.15, 0.2) is 5.52 Å². The molecule has 0 aromatic carbocycles. The quantitative estimate of drug-likeness (QED) is 0.397. The second-order valence-electron chi connectivity index (χ2n) is 5.24. The molecule has 96 valence electrons. The third-order valence-corrected chi connectivity index (χ3v) is 4.20. The van der Waals surface area contributed by atoms with Gasteiger partial charge in [-0.25, -0.2) is 4.57 Å². The Kier molecular flexibility index (Phi) is 1.65. The van der Waals surface area contributed by atoms with Gasteiger partial charge in [-0.05, 0) is 12.1 Å². The Balaban J connectivity index is 2.01. The Labute approximate surface area is 114 Å². The van der Waals surface area contributed by atoms with Crippen LogP contribution in [-0.4, -0.2) is 18.9 Å². The molecule has 5 heteroatoms. The monoisotopic (exact) mass is 262 g/mol. The van der Waals surface area contributed by atoms with E-state index in [0.29, 0.717) is 0 Å². The Morgan fingerprint density at radius 2 is 1.95 bits per heavy atom. The van der Waals surface area contributed by atoms with Crippen molar-refractivity contribution < 1.29 is 4.57 Å². The number of aryl methyl sites for hydroxylation is 1. The zero-order valence-corrected chi connectivity index (χ0v) is 11.0. The number of fused-ring (bicyclic) bond motifs is 7. The number of rotatable bonds is 0. The molecule has 1 aliphatic rings. The van der Waals surface area contributed by atoms with Gasteiger partial charge in [-0.15, -0.1) is 0 Å². The molecule has 5 rings (SSSR count). The van der Waals surface area contributed by atoms with Crippen molar-refractivity contribution in [3.05, 3.63) is 48.8 Å². The van der Waals surface area contributed by atoms with E-state index in [1.807, 2.05) is 24.8 Å². The minimum absolute atomic E-state index is 0.891. The molecule has 0 N–H and O–H groups in total. The van der Waals surface area contributed by atoms with Gasteiger partial charge in [0, 0.05) is 36.8 Å². The van der Waals surface area contributed by atoms with E-state index in [1.54, 1.807) is 0 Å². The maximum Gasteiger partial charge on any atom is 0.255 e. The number of hydrogen-bond acceptors (Lipinski definition) is 2. The predicted octanol–water partition coefficient (Wildman–Crippen LogP) is 1.54. The smallest absolute Gasteiger partial charge is 0.255 e. The van der Waals surface area contributed by atoms with Crippen LogP contribution in [0.25, 0.3) is 27.9 Å². The predicted molar refractivity (Wildman–Crippen MR) is 74.2 cm³/mol. The zero-order valence-electron chi connectivity index (χ0n) is 11.0. The number of pyridine rings is 2. The van der Waals surface area contributed by atoms with Crippen LogP contribution < -0.4 is 4.57 Å². The van der Waals surface area contributed by atoms with Gasteiger partial charge in [0.05, 0.1) is 11.7 Å². The van der Waals surface area contributed by atoms with Crippen LogP contribution in [0.3, 0.4) is 0 Å². The van der Waals surface area contributed by atoms with Crippen LogP contribution >= 0.6 is 0 Å². The third kappa shape index (κ3) is 1.02. The average molecular weight is 262 g/mol. The fraction of sp³-hybridized carbons (Fsp3) is 0.133. The average Bonchev–Trinajstić information content (AvgIpc) is 3.08. The van der Waals surface area contributed by atoms with Crippen molar-refractivity contribution in [1.82, 2.24) is 18.9 Å². The van der Waals surface area contributed by atoms with E-state index in [9.17, 15) is 0 Å². The summed E-state index contributed by atoms with van der Waals surface area (Å²) in [5.74, 6) is 0. The molecule has 0 amide bonds. The van der Waals surface area contributed by atoms with Crippen molar-refractivity contribution in [2.45, 2.75) is 6.54 Å². The molecular formula is C15H12N5+. The molecule has 0 radical (unpaired) electrons. The van der Waals surface area contributed by atoms with Crippen LogP contribution in [0.15, 0.2) is 43.2 Å². The maximum atomic E-state index is 4.25. The topological polar surface area (TPSA) is 39.0 Å². The molecular weight excluding hydrogens is 250 g/mol. The van der Waals surface area contributed by atoms with E-state index < -0.39 is 0 Å². The van der Waals surface area contributed by atoms with Crippen LogP contribution in [0.1, 0.15) is 5.56 Å². The van der Waals surface area contributed by atoms with Crippen molar-refractivity contribution in [3.8, 4) is 11.3 Å². The summed E-state index contributed by atoms with van der Waals surface area (Å²) in [4.78, 5) is 8.48. The Morgan fingerprint density at radius 3 is 2.90 bits per heavy atom. The van der Waals surface area contributed by atoms with Gasteiger partial charge in [-0.3, -0.25) is 9.97 Å². The van der Waals surface area contributed by atoms with E-state index in [1.165, 1.54) is 28.0 Å². The highest BCUT2D eigenvalue weighted by molar-refractivity contribution is 5.87. The Bertz CT molecular complexity index is 992. The summed E-state index contributed by atoms with van der Waals surface area (Å²) in [6, 6.07) is 4.16. The molecule has 0 spiro atoms. The van der Waals surface area contributed by atoms with Gasteiger partial charge < -0.3 is 4.57 Å². The summed E-state index contributed by atoms with van der Waals surface area (Å²) >= 11 is 0. The molecule has 5 heterocycles. The summed E-state index contributed by atoms with van der Waals surface area (Å²) < 4.78 is 6.74. The first-order valence-corrected chi connectivity index (χ1v) is 6.61. The number of imidazole rings is 2. The lowest BCUT2D eigenvalue weighted by Gasteiger charge is -1.95. The summed E-state index contributed by atoms with van der Waals surface area (Å²) in [6.07, 6.45) is 9.75. The highest BCUT2D eigenvalue weighted by atomic mass is 15.2. The first-order chi connectivity index (χ1) is 9.84. The van der Waals surface area contributed by atoms with Gasteiger partial charge >= 0.3 is 0 Å². The van der Waals surface area contributed by atoms with E-state index in [-0.39, 0.29) is 0 Å². The third-order valence-electron chi connectivity index (χ3n) is 4.20. The Hall–Kier alpha value is -2.69. The summed E-state index contributed by atoms with van der Waals surface area (Å²) in [6.45, 7) is 0.891. The molecule has 4 aromatic rings. The molecule has 20 heavy (non-hydrogen) atoms. The zero-order chi connectivity index (χ0) is 13.3. The molecule has 0 aliphatic carbocycles. The highest BCUT2D eigenvalue weighted by Crippen LogP contribution is 2.32. The molecule has 0 fully saturated rings. The fourth-order valence-corrected chi connectivity index (χ4v) is 3.32. The SMILES string of the molecule is Cn1c2ccncc2n2c[n+]3c(c12)-c1ccncc1C3. The maximum absolute atomic E-state index is 4.25. The van der Waals surface area contributed by atoms with Gasteiger partial charge in [0.25, 0.3) is 12.0 Å². The number of nitrogens with zero attached hydrogens (tertiary/aromatic N) is 5. The molecule has 0 saturated carbocycles. The molecule has 1 aliphatic heterocycles. The number of hydrogen-bond donors (Lipinski definition) is 0. The van der Waals surface area contributed by atoms with Crippen LogP contribution in [0, 0.1) is 0 Å². The van der Waals surface area contributed by atoms with E-state index in [0.717, 1.165) is 12.1 Å². The van der Waals surface area contributed by atoms with Crippen LogP contribution in [0.4, 0.5) is 0 Å². The summed E-state index contributed by atoms with van der Waals surface area (Å²) in [5.41, 5.74) is 7.37. The summed E-state index contributed by atoms with van der Waals surface area (Å²) in [5, 5.41) is 0. The normalized spacial score (nSPS) is 13.1. The minimum Gasteiger partial charge on any atom is -0.304 e. The molecule has 4 aromatic heterocycles. The van der Waals surface area contributed by atoms with Crippen LogP contribution in [0.5, 0.6) is 0 Å². The van der Waals surface area contributed by atoms with Crippen molar-refractivity contribution in [3.63, 3.8) is 0 Å². The van der Waals surface area contributed by atoms with E-state index >= 15 is 0 Å². The summed E-state index contributed by atoms with van der Waals surface area (Å²) in [7, 11) is 2.11. The first kappa shape index (κ1) is 10.1. The largest absolute Gasteiger partial charge is 0.304 e.